The lowest BCUT2D eigenvalue weighted by atomic mass is 10.0. The van der Waals surface area contributed by atoms with Gasteiger partial charge in [-0.1, -0.05) is 11.6 Å². The van der Waals surface area contributed by atoms with E-state index < -0.39 is 0 Å². The number of ether oxygens (including phenoxy) is 1. The molecule has 0 spiro atoms. The molecular formula is C18H18ClNO4. The highest BCUT2D eigenvalue weighted by atomic mass is 35.5. The van der Waals surface area contributed by atoms with Gasteiger partial charge in [-0.2, -0.15) is 0 Å². The zero-order valence-electron chi connectivity index (χ0n) is 13.0. The van der Waals surface area contributed by atoms with Gasteiger partial charge in [0.2, 0.25) is 0 Å². The third-order valence-corrected chi connectivity index (χ3v) is 4.36. The summed E-state index contributed by atoms with van der Waals surface area (Å²) >= 11 is 5.86. The van der Waals surface area contributed by atoms with Gasteiger partial charge in [0, 0.05) is 42.6 Å². The molecule has 3 rings (SSSR count). The highest BCUT2D eigenvalue weighted by molar-refractivity contribution is 6.30. The summed E-state index contributed by atoms with van der Waals surface area (Å²) in [6.07, 6.45) is 2.24. The molecule has 2 N–H and O–H groups in total. The quantitative estimate of drug-likeness (QED) is 0.827. The van der Waals surface area contributed by atoms with Crippen molar-refractivity contribution in [1.29, 1.82) is 0 Å². The van der Waals surface area contributed by atoms with E-state index in [9.17, 15) is 15.0 Å². The standard InChI is InChI=1S/C18H18ClNO4/c19-13-1-3-15(4-2-13)24-16-5-7-20(8-6-16)18-12(11-21)9-14(22)10-17(18)23/h1-4,9-11,16,22-23H,5-8H2. The maximum atomic E-state index is 11.2. The van der Waals surface area contributed by atoms with Crippen molar-refractivity contribution in [1.82, 2.24) is 0 Å². The fourth-order valence-electron chi connectivity index (χ4n) is 2.96. The molecule has 126 valence electrons. The number of rotatable bonds is 4. The van der Waals surface area contributed by atoms with Crippen LogP contribution in [-0.2, 0) is 0 Å². The van der Waals surface area contributed by atoms with Crippen molar-refractivity contribution >= 4 is 23.6 Å². The van der Waals surface area contributed by atoms with Crippen LogP contribution in [0.5, 0.6) is 17.2 Å². The largest absolute Gasteiger partial charge is 0.508 e. The van der Waals surface area contributed by atoms with E-state index in [2.05, 4.69) is 0 Å². The van der Waals surface area contributed by atoms with Crippen LogP contribution >= 0.6 is 11.6 Å². The molecule has 2 aromatic carbocycles. The summed E-state index contributed by atoms with van der Waals surface area (Å²) in [4.78, 5) is 13.2. The van der Waals surface area contributed by atoms with Crippen molar-refractivity contribution in [3.05, 3.63) is 47.0 Å². The molecule has 2 aromatic rings. The smallest absolute Gasteiger partial charge is 0.152 e. The van der Waals surface area contributed by atoms with Gasteiger partial charge in [0.25, 0.3) is 0 Å². The molecule has 0 unspecified atom stereocenters. The molecule has 1 heterocycles. The third kappa shape index (κ3) is 3.57. The minimum atomic E-state index is -0.126. The van der Waals surface area contributed by atoms with Gasteiger partial charge in [0.15, 0.2) is 6.29 Å². The van der Waals surface area contributed by atoms with Crippen LogP contribution in [0.25, 0.3) is 0 Å². The molecule has 1 saturated heterocycles. The van der Waals surface area contributed by atoms with Crippen LogP contribution in [0.3, 0.4) is 0 Å². The second-order valence-corrected chi connectivity index (χ2v) is 6.22. The second kappa shape index (κ2) is 7.01. The van der Waals surface area contributed by atoms with E-state index >= 15 is 0 Å². The van der Waals surface area contributed by atoms with Crippen LogP contribution in [0.1, 0.15) is 23.2 Å². The Hall–Kier alpha value is -2.40. The first-order valence-corrected chi connectivity index (χ1v) is 8.13. The number of hydrogen-bond acceptors (Lipinski definition) is 5. The van der Waals surface area contributed by atoms with Crippen LogP contribution in [0.4, 0.5) is 5.69 Å². The van der Waals surface area contributed by atoms with Crippen LogP contribution in [0.15, 0.2) is 36.4 Å². The first kappa shape index (κ1) is 16.5. The highest BCUT2D eigenvalue weighted by Gasteiger charge is 2.24. The topological polar surface area (TPSA) is 70.0 Å². The molecule has 6 heteroatoms. The average molecular weight is 348 g/mol. The number of anilines is 1. The van der Waals surface area contributed by atoms with E-state index in [1.54, 1.807) is 12.1 Å². The van der Waals surface area contributed by atoms with Gasteiger partial charge in [-0.3, -0.25) is 4.79 Å². The highest BCUT2D eigenvalue weighted by Crippen LogP contribution is 2.36. The Morgan fingerprint density at radius 2 is 1.79 bits per heavy atom. The number of hydrogen-bond donors (Lipinski definition) is 2. The number of nitrogens with zero attached hydrogens (tertiary/aromatic N) is 1. The zero-order chi connectivity index (χ0) is 17.1. The number of aldehydes is 1. The van der Waals surface area contributed by atoms with Gasteiger partial charge >= 0.3 is 0 Å². The molecule has 0 radical (unpaired) electrons. The van der Waals surface area contributed by atoms with Crippen molar-refractivity contribution in [3.63, 3.8) is 0 Å². The Morgan fingerprint density at radius 1 is 1.12 bits per heavy atom. The molecule has 1 aliphatic heterocycles. The normalized spacial score (nSPS) is 15.3. The molecule has 0 aliphatic carbocycles. The first-order valence-electron chi connectivity index (χ1n) is 7.75. The molecule has 0 saturated carbocycles. The number of benzene rings is 2. The summed E-state index contributed by atoms with van der Waals surface area (Å²) in [7, 11) is 0. The Balaban J connectivity index is 1.67. The number of carbonyl (C=O) groups is 1. The van der Waals surface area contributed by atoms with Gasteiger partial charge in [-0.05, 0) is 30.3 Å². The lowest BCUT2D eigenvalue weighted by Crippen LogP contribution is -2.38. The Bertz CT molecular complexity index is 725. The molecule has 0 bridgehead atoms. The molecule has 0 amide bonds. The molecule has 0 aromatic heterocycles. The van der Waals surface area contributed by atoms with E-state index in [1.807, 2.05) is 17.0 Å². The maximum absolute atomic E-state index is 11.2. The third-order valence-electron chi connectivity index (χ3n) is 4.11. The lowest BCUT2D eigenvalue weighted by Gasteiger charge is -2.34. The number of piperidine rings is 1. The molecular weight excluding hydrogens is 330 g/mol. The molecule has 1 aliphatic rings. The van der Waals surface area contributed by atoms with Crippen molar-refractivity contribution in [2.75, 3.05) is 18.0 Å². The summed E-state index contributed by atoms with van der Waals surface area (Å²) < 4.78 is 5.94. The average Bonchev–Trinajstić information content (AvgIpc) is 2.57. The van der Waals surface area contributed by atoms with Crippen LogP contribution in [-0.4, -0.2) is 35.7 Å². The minimum absolute atomic E-state index is 0.0707. The number of phenols is 2. The van der Waals surface area contributed by atoms with Gasteiger partial charge in [-0.25, -0.2) is 0 Å². The van der Waals surface area contributed by atoms with E-state index in [4.69, 9.17) is 16.3 Å². The summed E-state index contributed by atoms with van der Waals surface area (Å²) in [6, 6.07) is 9.86. The number of aromatic hydroxyl groups is 2. The van der Waals surface area contributed by atoms with Gasteiger partial charge < -0.3 is 19.8 Å². The minimum Gasteiger partial charge on any atom is -0.508 e. The maximum Gasteiger partial charge on any atom is 0.152 e. The van der Waals surface area contributed by atoms with E-state index in [-0.39, 0.29) is 23.2 Å². The summed E-state index contributed by atoms with van der Waals surface area (Å²) in [6.45, 7) is 1.30. The fraction of sp³-hybridized carbons (Fsp3) is 0.278. The number of carbonyl (C=O) groups excluding carboxylic acids is 1. The van der Waals surface area contributed by atoms with Crippen molar-refractivity contribution < 1.29 is 19.7 Å². The van der Waals surface area contributed by atoms with Gasteiger partial charge in [0.05, 0.1) is 5.69 Å². The molecule has 5 nitrogen and oxygen atoms in total. The first-order chi connectivity index (χ1) is 11.6. The van der Waals surface area contributed by atoms with Crippen LogP contribution in [0.2, 0.25) is 5.02 Å². The Kier molecular flexibility index (Phi) is 4.81. The van der Waals surface area contributed by atoms with Crippen molar-refractivity contribution in [2.24, 2.45) is 0 Å². The molecule has 1 fully saturated rings. The van der Waals surface area contributed by atoms with Crippen molar-refractivity contribution in [3.8, 4) is 17.2 Å². The number of halogens is 1. The van der Waals surface area contributed by atoms with Crippen molar-refractivity contribution in [2.45, 2.75) is 18.9 Å². The second-order valence-electron chi connectivity index (χ2n) is 5.78. The molecule has 0 atom stereocenters. The lowest BCUT2D eigenvalue weighted by molar-refractivity contribution is 0.112. The van der Waals surface area contributed by atoms with E-state index in [0.717, 1.165) is 18.6 Å². The summed E-state index contributed by atoms with van der Waals surface area (Å²) in [5.74, 6) is 0.562. The monoisotopic (exact) mass is 347 g/mol. The van der Waals surface area contributed by atoms with Gasteiger partial charge in [-0.15, -0.1) is 0 Å². The van der Waals surface area contributed by atoms with Crippen LogP contribution < -0.4 is 9.64 Å². The fourth-order valence-corrected chi connectivity index (χ4v) is 3.09. The Morgan fingerprint density at radius 3 is 2.42 bits per heavy atom. The summed E-state index contributed by atoms with van der Waals surface area (Å²) in [5.41, 5.74) is 0.748. The summed E-state index contributed by atoms with van der Waals surface area (Å²) in [5, 5.41) is 20.3. The molecule has 24 heavy (non-hydrogen) atoms. The van der Waals surface area contributed by atoms with Crippen LogP contribution in [0, 0.1) is 0 Å². The number of phenolic OH excluding ortho intramolecular Hbond substituents is 2. The predicted molar refractivity (Wildman–Crippen MR) is 92.5 cm³/mol. The van der Waals surface area contributed by atoms with E-state index in [0.29, 0.717) is 30.1 Å². The van der Waals surface area contributed by atoms with E-state index in [1.165, 1.54) is 12.1 Å². The predicted octanol–water partition coefficient (Wildman–Crippen LogP) is 3.61. The Labute approximate surface area is 145 Å². The zero-order valence-corrected chi connectivity index (χ0v) is 13.7. The van der Waals surface area contributed by atoms with Gasteiger partial charge in [0.1, 0.15) is 23.4 Å². The SMILES string of the molecule is O=Cc1cc(O)cc(O)c1N1CCC(Oc2ccc(Cl)cc2)CC1.